The molecule has 0 saturated carbocycles. The molecule has 0 atom stereocenters. The topological polar surface area (TPSA) is 29.1 Å². The van der Waals surface area contributed by atoms with Crippen LogP contribution in [0.15, 0.2) is 54.6 Å². The molecule has 0 heterocycles. The Hall–Kier alpha value is -2.09. The maximum Gasteiger partial charge on any atom is 0.251 e. The van der Waals surface area contributed by atoms with Gasteiger partial charge in [-0.2, -0.15) is 0 Å². The fraction of sp³-hybridized carbons (Fsp3) is 0.316. The molecule has 0 unspecified atom stereocenters. The zero-order chi connectivity index (χ0) is 14.9. The molecule has 0 radical (unpaired) electrons. The summed E-state index contributed by atoms with van der Waals surface area (Å²) in [6.07, 6.45) is 3.97. The molecule has 1 N–H and O–H groups in total. The molecule has 2 rings (SSSR count). The first-order valence-electron chi connectivity index (χ1n) is 7.71. The summed E-state index contributed by atoms with van der Waals surface area (Å²) >= 11 is 0. The van der Waals surface area contributed by atoms with Crippen molar-refractivity contribution in [2.45, 2.75) is 32.6 Å². The lowest BCUT2D eigenvalue weighted by Gasteiger charge is -2.10. The van der Waals surface area contributed by atoms with Gasteiger partial charge >= 0.3 is 0 Å². The minimum atomic E-state index is 0.0483. The van der Waals surface area contributed by atoms with Crippen LogP contribution in [0.2, 0.25) is 0 Å². The molecule has 110 valence electrons. The first-order chi connectivity index (χ1) is 10.3. The van der Waals surface area contributed by atoms with E-state index in [1.54, 1.807) is 0 Å². The smallest absolute Gasteiger partial charge is 0.251 e. The van der Waals surface area contributed by atoms with Gasteiger partial charge in [-0.3, -0.25) is 4.79 Å². The minimum Gasteiger partial charge on any atom is -0.352 e. The van der Waals surface area contributed by atoms with Gasteiger partial charge in [0.25, 0.3) is 5.91 Å². The molecule has 1 amide bonds. The summed E-state index contributed by atoms with van der Waals surface area (Å²) in [4.78, 5) is 12.2. The van der Waals surface area contributed by atoms with Crippen LogP contribution in [0.4, 0.5) is 0 Å². The van der Waals surface area contributed by atoms with Crippen molar-refractivity contribution >= 4 is 5.91 Å². The largest absolute Gasteiger partial charge is 0.352 e. The summed E-state index contributed by atoms with van der Waals surface area (Å²) in [7, 11) is 0. The van der Waals surface area contributed by atoms with Crippen molar-refractivity contribution in [2.24, 2.45) is 0 Å². The highest BCUT2D eigenvalue weighted by molar-refractivity contribution is 5.95. The van der Waals surface area contributed by atoms with Gasteiger partial charge in [-0.15, -0.1) is 0 Å². The molecular weight excluding hydrogens is 258 g/mol. The van der Waals surface area contributed by atoms with Crippen molar-refractivity contribution in [3.05, 3.63) is 71.3 Å². The van der Waals surface area contributed by atoms with Crippen molar-refractivity contribution < 1.29 is 4.79 Å². The van der Waals surface area contributed by atoms with Gasteiger partial charge in [-0.05, 0) is 36.5 Å². The maximum absolute atomic E-state index is 12.2. The van der Waals surface area contributed by atoms with Gasteiger partial charge < -0.3 is 5.32 Å². The van der Waals surface area contributed by atoms with Gasteiger partial charge in [0.2, 0.25) is 0 Å². The number of aryl methyl sites for hydroxylation is 2. The summed E-state index contributed by atoms with van der Waals surface area (Å²) in [6.45, 7) is 2.88. The van der Waals surface area contributed by atoms with E-state index in [1.807, 2.05) is 24.3 Å². The molecule has 2 aromatic carbocycles. The first-order valence-corrected chi connectivity index (χ1v) is 7.71. The molecule has 21 heavy (non-hydrogen) atoms. The van der Waals surface area contributed by atoms with Crippen LogP contribution in [0.1, 0.15) is 41.3 Å². The maximum atomic E-state index is 12.2. The van der Waals surface area contributed by atoms with E-state index in [1.165, 1.54) is 5.56 Å². The molecule has 0 saturated heterocycles. The van der Waals surface area contributed by atoms with Gasteiger partial charge in [-0.1, -0.05) is 61.9 Å². The van der Waals surface area contributed by atoms with E-state index in [0.717, 1.165) is 43.4 Å². The van der Waals surface area contributed by atoms with E-state index in [9.17, 15) is 4.79 Å². The Morgan fingerprint density at radius 1 is 0.952 bits per heavy atom. The van der Waals surface area contributed by atoms with Crippen molar-refractivity contribution in [1.82, 2.24) is 5.32 Å². The minimum absolute atomic E-state index is 0.0483. The number of amides is 1. The van der Waals surface area contributed by atoms with Crippen LogP contribution >= 0.6 is 0 Å². The second-order valence-electron chi connectivity index (χ2n) is 5.25. The van der Waals surface area contributed by atoms with Crippen molar-refractivity contribution in [1.29, 1.82) is 0 Å². The zero-order valence-electron chi connectivity index (χ0n) is 12.6. The lowest BCUT2D eigenvalue weighted by atomic mass is 9.99. The third-order valence-corrected chi connectivity index (χ3v) is 3.60. The molecular formula is C19H23NO. The lowest BCUT2D eigenvalue weighted by molar-refractivity contribution is 0.0952. The summed E-state index contributed by atoms with van der Waals surface area (Å²) < 4.78 is 0. The Morgan fingerprint density at radius 2 is 1.67 bits per heavy atom. The second-order valence-corrected chi connectivity index (χ2v) is 5.25. The van der Waals surface area contributed by atoms with Crippen LogP contribution in [0, 0.1) is 0 Å². The Kier molecular flexibility index (Phi) is 6.01. The Labute approximate surface area is 127 Å². The van der Waals surface area contributed by atoms with Crippen LogP contribution < -0.4 is 5.32 Å². The average Bonchev–Trinajstić information content (AvgIpc) is 2.54. The predicted octanol–water partition coefficient (Wildman–Crippen LogP) is 4.00. The van der Waals surface area contributed by atoms with E-state index < -0.39 is 0 Å². The van der Waals surface area contributed by atoms with Gasteiger partial charge in [0.05, 0.1) is 0 Å². The number of carbonyl (C=O) groups excluding carboxylic acids is 1. The van der Waals surface area contributed by atoms with Gasteiger partial charge in [0.15, 0.2) is 0 Å². The summed E-state index contributed by atoms with van der Waals surface area (Å²) in [5.41, 5.74) is 3.23. The third-order valence-electron chi connectivity index (χ3n) is 3.60. The molecule has 2 nitrogen and oxygen atoms in total. The van der Waals surface area contributed by atoms with Crippen LogP contribution in [0.3, 0.4) is 0 Å². The average molecular weight is 281 g/mol. The fourth-order valence-corrected chi connectivity index (χ4v) is 2.36. The molecule has 0 fully saturated rings. The fourth-order valence-electron chi connectivity index (χ4n) is 2.36. The Balaban J connectivity index is 2.01. The van der Waals surface area contributed by atoms with E-state index in [-0.39, 0.29) is 5.91 Å². The molecule has 0 aromatic heterocycles. The molecule has 0 aliphatic heterocycles. The standard InChI is InChI=1S/C19H23NO/c1-2-3-15-20-19(21)18-12-8-7-11-17(18)14-13-16-9-5-4-6-10-16/h4-12H,2-3,13-15H2,1H3,(H,20,21). The zero-order valence-corrected chi connectivity index (χ0v) is 12.6. The SMILES string of the molecule is CCCCNC(=O)c1ccccc1CCc1ccccc1. The van der Waals surface area contributed by atoms with Crippen molar-refractivity contribution in [2.75, 3.05) is 6.54 Å². The van der Waals surface area contributed by atoms with E-state index in [4.69, 9.17) is 0 Å². The van der Waals surface area contributed by atoms with E-state index in [2.05, 4.69) is 42.6 Å². The summed E-state index contributed by atoms with van der Waals surface area (Å²) in [5.74, 6) is 0.0483. The van der Waals surface area contributed by atoms with Crippen LogP contribution in [0.5, 0.6) is 0 Å². The number of rotatable bonds is 7. The monoisotopic (exact) mass is 281 g/mol. The number of hydrogen-bond acceptors (Lipinski definition) is 1. The molecule has 0 bridgehead atoms. The third kappa shape index (κ3) is 4.75. The second kappa shape index (κ2) is 8.25. The Morgan fingerprint density at radius 3 is 2.43 bits per heavy atom. The van der Waals surface area contributed by atoms with Gasteiger partial charge in [0, 0.05) is 12.1 Å². The van der Waals surface area contributed by atoms with Crippen LogP contribution in [-0.4, -0.2) is 12.5 Å². The molecule has 2 aromatic rings. The van der Waals surface area contributed by atoms with Crippen molar-refractivity contribution in [3.8, 4) is 0 Å². The first kappa shape index (κ1) is 15.3. The quantitative estimate of drug-likeness (QED) is 0.764. The Bertz CT molecular complexity index is 563. The van der Waals surface area contributed by atoms with Gasteiger partial charge in [0.1, 0.15) is 0 Å². The number of nitrogens with one attached hydrogen (secondary N) is 1. The number of benzene rings is 2. The predicted molar refractivity (Wildman–Crippen MR) is 87.5 cm³/mol. The summed E-state index contributed by atoms with van der Waals surface area (Å²) in [6, 6.07) is 18.3. The molecule has 0 spiro atoms. The van der Waals surface area contributed by atoms with Gasteiger partial charge in [-0.25, -0.2) is 0 Å². The number of unbranched alkanes of at least 4 members (excludes halogenated alkanes) is 1. The molecule has 0 aliphatic carbocycles. The summed E-state index contributed by atoms with van der Waals surface area (Å²) in [5, 5.41) is 3.00. The molecule has 0 aliphatic rings. The van der Waals surface area contributed by atoms with E-state index in [0.29, 0.717) is 0 Å². The normalized spacial score (nSPS) is 10.3. The van der Waals surface area contributed by atoms with Crippen molar-refractivity contribution in [3.63, 3.8) is 0 Å². The van der Waals surface area contributed by atoms with Crippen LogP contribution in [-0.2, 0) is 12.8 Å². The highest BCUT2D eigenvalue weighted by atomic mass is 16.1. The van der Waals surface area contributed by atoms with E-state index >= 15 is 0 Å². The van der Waals surface area contributed by atoms with Crippen LogP contribution in [0.25, 0.3) is 0 Å². The number of carbonyl (C=O) groups is 1. The number of hydrogen-bond donors (Lipinski definition) is 1. The highest BCUT2D eigenvalue weighted by Gasteiger charge is 2.10. The lowest BCUT2D eigenvalue weighted by Crippen LogP contribution is -2.25. The molecule has 2 heteroatoms. The highest BCUT2D eigenvalue weighted by Crippen LogP contribution is 2.13.